The topological polar surface area (TPSA) is 25.8 Å². The summed E-state index contributed by atoms with van der Waals surface area (Å²) in [4.78, 5) is 11.7. The zero-order valence-corrected chi connectivity index (χ0v) is 12.3. The van der Waals surface area contributed by atoms with E-state index in [-0.39, 0.29) is 0 Å². The molecule has 2 aromatic heterocycles. The third-order valence-electron chi connectivity index (χ3n) is 3.11. The van der Waals surface area contributed by atoms with Gasteiger partial charge in [0.15, 0.2) is 0 Å². The van der Waals surface area contributed by atoms with Crippen LogP contribution in [0.2, 0.25) is 0 Å². The van der Waals surface area contributed by atoms with Gasteiger partial charge >= 0.3 is 0 Å². The lowest BCUT2D eigenvalue weighted by Crippen LogP contribution is -2.07. The Hall–Kier alpha value is -0.480. The third-order valence-corrected chi connectivity index (χ3v) is 5.02. The van der Waals surface area contributed by atoms with Crippen LogP contribution in [-0.4, -0.2) is 14.8 Å². The van der Waals surface area contributed by atoms with Crippen molar-refractivity contribution in [3.05, 3.63) is 22.5 Å². The Kier molecular flexibility index (Phi) is 3.31. The van der Waals surface area contributed by atoms with Crippen molar-refractivity contribution in [3.8, 4) is 0 Å². The maximum Gasteiger partial charge on any atom is 0.127 e. The summed E-state index contributed by atoms with van der Waals surface area (Å²) in [5, 5.41) is 1.25. The van der Waals surface area contributed by atoms with Gasteiger partial charge in [0.25, 0.3) is 0 Å². The molecule has 0 spiro atoms. The van der Waals surface area contributed by atoms with Crippen LogP contribution in [0.3, 0.4) is 0 Å². The molecule has 0 aliphatic heterocycles. The Morgan fingerprint density at radius 2 is 1.94 bits per heavy atom. The first-order valence-corrected chi connectivity index (χ1v) is 7.10. The molecule has 0 N–H and O–H groups in total. The number of aryl methyl sites for hydroxylation is 2. The zero-order valence-electron chi connectivity index (χ0n) is 9.91. The molecule has 16 heavy (non-hydrogen) atoms. The summed E-state index contributed by atoms with van der Waals surface area (Å²) >= 11 is 5.39. The number of aromatic nitrogens is 2. The van der Waals surface area contributed by atoms with E-state index in [2.05, 4.69) is 53.6 Å². The van der Waals surface area contributed by atoms with Crippen LogP contribution in [0.25, 0.3) is 10.2 Å². The fourth-order valence-electron chi connectivity index (χ4n) is 1.77. The number of rotatable bonds is 2. The first-order valence-electron chi connectivity index (χ1n) is 5.37. The molecule has 0 aliphatic rings. The van der Waals surface area contributed by atoms with E-state index in [1.54, 1.807) is 17.7 Å². The number of hydrogen-bond acceptors (Lipinski definition) is 3. The van der Waals surface area contributed by atoms with Gasteiger partial charge in [-0.1, -0.05) is 29.8 Å². The standard InChI is InChI=1S/C12H15BrN2S/c1-6(8(3)13)11-10-7(2)9(4)16-12(10)15-5-14-11/h5-6,8H,1-4H3. The first kappa shape index (κ1) is 12.0. The summed E-state index contributed by atoms with van der Waals surface area (Å²) in [5.41, 5.74) is 2.49. The molecule has 2 unspecified atom stereocenters. The lowest BCUT2D eigenvalue weighted by molar-refractivity contribution is 0.738. The molecular formula is C12H15BrN2S. The van der Waals surface area contributed by atoms with Gasteiger partial charge < -0.3 is 0 Å². The predicted molar refractivity (Wildman–Crippen MR) is 73.7 cm³/mol. The number of halogens is 1. The van der Waals surface area contributed by atoms with Crippen LogP contribution < -0.4 is 0 Å². The van der Waals surface area contributed by atoms with Crippen LogP contribution in [0.5, 0.6) is 0 Å². The maximum atomic E-state index is 4.47. The normalized spacial score (nSPS) is 15.3. The highest BCUT2D eigenvalue weighted by Gasteiger charge is 2.19. The average molecular weight is 299 g/mol. The van der Waals surface area contributed by atoms with Crippen LogP contribution in [0, 0.1) is 13.8 Å². The minimum atomic E-state index is 0.401. The van der Waals surface area contributed by atoms with Crippen LogP contribution >= 0.6 is 27.3 Å². The molecule has 0 bridgehead atoms. The highest BCUT2D eigenvalue weighted by atomic mass is 79.9. The van der Waals surface area contributed by atoms with Gasteiger partial charge in [-0.05, 0) is 19.4 Å². The van der Waals surface area contributed by atoms with E-state index >= 15 is 0 Å². The lowest BCUT2D eigenvalue weighted by atomic mass is 10.00. The quantitative estimate of drug-likeness (QED) is 0.777. The molecule has 2 atom stereocenters. The van der Waals surface area contributed by atoms with Crippen LogP contribution in [0.1, 0.15) is 35.9 Å². The van der Waals surface area contributed by atoms with Gasteiger partial charge in [-0.25, -0.2) is 9.97 Å². The van der Waals surface area contributed by atoms with Crippen molar-refractivity contribution in [2.45, 2.75) is 38.4 Å². The molecule has 0 fully saturated rings. The molecular weight excluding hydrogens is 284 g/mol. The Bertz CT molecular complexity index is 519. The molecule has 0 aliphatic carbocycles. The van der Waals surface area contributed by atoms with Crippen molar-refractivity contribution in [3.63, 3.8) is 0 Å². The fourth-order valence-corrected chi connectivity index (χ4v) is 3.03. The van der Waals surface area contributed by atoms with Gasteiger partial charge in [0.05, 0.1) is 5.69 Å². The van der Waals surface area contributed by atoms with Crippen molar-refractivity contribution in [1.29, 1.82) is 0 Å². The summed E-state index contributed by atoms with van der Waals surface area (Å²) in [6, 6.07) is 0. The van der Waals surface area contributed by atoms with Crippen LogP contribution in [-0.2, 0) is 0 Å². The van der Waals surface area contributed by atoms with Gasteiger partial charge in [-0.3, -0.25) is 0 Å². The maximum absolute atomic E-state index is 4.47. The van der Waals surface area contributed by atoms with E-state index in [0.29, 0.717) is 10.7 Å². The summed E-state index contributed by atoms with van der Waals surface area (Å²) in [7, 11) is 0. The minimum absolute atomic E-state index is 0.401. The van der Waals surface area contributed by atoms with Gasteiger partial charge in [0, 0.05) is 21.0 Å². The second-order valence-electron chi connectivity index (χ2n) is 4.19. The largest absolute Gasteiger partial charge is 0.240 e. The number of hydrogen-bond donors (Lipinski definition) is 0. The monoisotopic (exact) mass is 298 g/mol. The Morgan fingerprint density at radius 3 is 2.56 bits per heavy atom. The molecule has 2 heterocycles. The molecule has 2 rings (SSSR count). The van der Waals surface area contributed by atoms with E-state index < -0.39 is 0 Å². The molecule has 0 aromatic carbocycles. The molecule has 0 saturated carbocycles. The van der Waals surface area contributed by atoms with E-state index in [1.165, 1.54) is 15.8 Å². The van der Waals surface area contributed by atoms with E-state index in [0.717, 1.165) is 10.5 Å². The Morgan fingerprint density at radius 1 is 1.25 bits per heavy atom. The van der Waals surface area contributed by atoms with Crippen molar-refractivity contribution in [1.82, 2.24) is 9.97 Å². The predicted octanol–water partition coefficient (Wildman–Crippen LogP) is 4.20. The molecule has 0 amide bonds. The van der Waals surface area contributed by atoms with Crippen LogP contribution in [0.4, 0.5) is 0 Å². The van der Waals surface area contributed by atoms with E-state index in [1.807, 2.05) is 0 Å². The molecule has 0 radical (unpaired) electrons. The Balaban J connectivity index is 2.70. The summed E-state index contributed by atoms with van der Waals surface area (Å²) in [6.45, 7) is 8.67. The lowest BCUT2D eigenvalue weighted by Gasteiger charge is -2.14. The zero-order chi connectivity index (χ0) is 11.9. The summed E-state index contributed by atoms with van der Waals surface area (Å²) in [5.74, 6) is 0.401. The van der Waals surface area contributed by atoms with Gasteiger partial charge in [-0.15, -0.1) is 11.3 Å². The Labute approximate surface area is 108 Å². The molecule has 4 heteroatoms. The van der Waals surface area contributed by atoms with Gasteiger partial charge in [-0.2, -0.15) is 0 Å². The van der Waals surface area contributed by atoms with Crippen molar-refractivity contribution < 1.29 is 0 Å². The second kappa shape index (κ2) is 4.41. The smallest absolute Gasteiger partial charge is 0.127 e. The second-order valence-corrected chi connectivity index (χ2v) is 6.84. The third kappa shape index (κ3) is 1.89. The highest BCUT2D eigenvalue weighted by Crippen LogP contribution is 2.35. The molecule has 2 nitrogen and oxygen atoms in total. The SMILES string of the molecule is Cc1sc2ncnc(C(C)C(C)Br)c2c1C. The number of nitrogens with zero attached hydrogens (tertiary/aromatic N) is 2. The van der Waals surface area contributed by atoms with Gasteiger partial charge in [0.1, 0.15) is 11.2 Å². The molecule has 2 aromatic rings. The molecule has 86 valence electrons. The number of fused-ring (bicyclic) bond motifs is 1. The van der Waals surface area contributed by atoms with Crippen LogP contribution in [0.15, 0.2) is 6.33 Å². The average Bonchev–Trinajstić information content (AvgIpc) is 2.54. The van der Waals surface area contributed by atoms with E-state index in [4.69, 9.17) is 0 Å². The molecule has 0 saturated heterocycles. The van der Waals surface area contributed by atoms with Crippen molar-refractivity contribution in [2.75, 3.05) is 0 Å². The van der Waals surface area contributed by atoms with Gasteiger partial charge in [0.2, 0.25) is 0 Å². The number of alkyl halides is 1. The van der Waals surface area contributed by atoms with E-state index in [9.17, 15) is 0 Å². The summed E-state index contributed by atoms with van der Waals surface area (Å²) in [6.07, 6.45) is 1.68. The highest BCUT2D eigenvalue weighted by molar-refractivity contribution is 9.09. The first-order chi connectivity index (χ1) is 7.52. The van der Waals surface area contributed by atoms with Crippen molar-refractivity contribution >= 4 is 37.5 Å². The summed E-state index contributed by atoms with van der Waals surface area (Å²) < 4.78 is 0. The fraction of sp³-hybridized carbons (Fsp3) is 0.500. The number of thiophene rings is 1. The van der Waals surface area contributed by atoms with Crippen molar-refractivity contribution in [2.24, 2.45) is 0 Å². The minimum Gasteiger partial charge on any atom is -0.240 e.